The van der Waals surface area contributed by atoms with E-state index in [1.807, 2.05) is 4.98 Å². The lowest BCUT2D eigenvalue weighted by atomic mass is 9.97. The number of nitrogens with zero attached hydrogens (tertiary/aromatic N) is 1. The molecule has 0 bridgehead atoms. The molecule has 0 aliphatic carbocycles. The van der Waals surface area contributed by atoms with Gasteiger partial charge in [-0.1, -0.05) is 0 Å². The Kier molecular flexibility index (Phi) is 8.84. The molecule has 200 valence electrons. The van der Waals surface area contributed by atoms with Crippen molar-refractivity contribution in [2.45, 2.75) is 55.5 Å². The quantitative estimate of drug-likeness (QED) is 0.137. The summed E-state index contributed by atoms with van der Waals surface area (Å²) in [4.78, 5) is 44.6. The zero-order valence-corrected chi connectivity index (χ0v) is 19.5. The lowest BCUT2D eigenvalue weighted by molar-refractivity contribution is -0.251. The van der Waals surface area contributed by atoms with E-state index in [0.717, 1.165) is 16.8 Å². The lowest BCUT2D eigenvalue weighted by Crippen LogP contribution is -2.62. The summed E-state index contributed by atoms with van der Waals surface area (Å²) in [6.07, 6.45) is -9.54. The Morgan fingerprint density at radius 3 is 2.43 bits per heavy atom. The Morgan fingerprint density at radius 1 is 1.11 bits per heavy atom. The number of aromatic nitrogens is 2. The number of aliphatic hydroxyl groups is 4. The number of phosphoric acid groups is 2. The predicted molar refractivity (Wildman–Crippen MR) is 109 cm³/mol. The van der Waals surface area contributed by atoms with Crippen molar-refractivity contribution in [2.24, 2.45) is 5.73 Å². The van der Waals surface area contributed by atoms with Crippen molar-refractivity contribution in [1.82, 2.24) is 9.55 Å². The highest BCUT2D eigenvalue weighted by molar-refractivity contribution is 7.61. The number of ether oxygens (including phenoxy) is 2. The Labute approximate surface area is 195 Å². The summed E-state index contributed by atoms with van der Waals surface area (Å²) >= 11 is 0. The molecule has 10 atom stereocenters. The van der Waals surface area contributed by atoms with Crippen LogP contribution in [-0.4, -0.2) is 95.8 Å². The van der Waals surface area contributed by atoms with Crippen molar-refractivity contribution in [3.8, 4) is 0 Å². The fourth-order valence-corrected chi connectivity index (χ4v) is 5.52. The smallest absolute Gasteiger partial charge is 0.394 e. The second kappa shape index (κ2) is 11.0. The van der Waals surface area contributed by atoms with Gasteiger partial charge < -0.3 is 45.4 Å². The van der Waals surface area contributed by atoms with Gasteiger partial charge in [-0.25, -0.2) is 13.9 Å². The molecule has 4 unspecified atom stereocenters. The van der Waals surface area contributed by atoms with Gasteiger partial charge >= 0.3 is 21.3 Å². The molecule has 2 saturated heterocycles. The molecule has 3 heterocycles. The average molecular weight is 549 g/mol. The maximum atomic E-state index is 12.2. The summed E-state index contributed by atoms with van der Waals surface area (Å²) in [5, 5.41) is 39.0. The summed E-state index contributed by atoms with van der Waals surface area (Å²) < 4.78 is 48.9. The lowest BCUT2D eigenvalue weighted by Gasteiger charge is -2.40. The summed E-state index contributed by atoms with van der Waals surface area (Å²) in [6, 6.07) is -0.425. The molecule has 0 amide bonds. The van der Waals surface area contributed by atoms with Gasteiger partial charge in [0, 0.05) is 18.7 Å². The Hall–Kier alpha value is -1.34. The standard InChI is InChI=1S/C15H25N3O15P2/c16-11-12(22)7(4-19)31-14(13(11)23)32-35(27,28)33-34(25,26)29-5-8-6(20)3-10(30-8)18-2-1-9(21)17-15(18)24/h1-2,6-8,10-14,19-20,22-23H,3-5,16H2,(H,25,26)(H,27,28)(H,17,21,24)/t6-,7+,8+,10?,11-,12+,13+,14?/m0/s1. The number of nitrogens with two attached hydrogens (primary N) is 1. The van der Waals surface area contributed by atoms with Gasteiger partial charge in [-0.15, -0.1) is 0 Å². The number of aromatic amines is 1. The molecule has 3 rings (SSSR count). The molecular weight excluding hydrogens is 524 g/mol. The van der Waals surface area contributed by atoms with Gasteiger partial charge in [0.2, 0.25) is 0 Å². The average Bonchev–Trinajstić information content (AvgIpc) is 3.12. The number of H-pyrrole nitrogens is 1. The van der Waals surface area contributed by atoms with E-state index in [2.05, 4.69) is 13.4 Å². The third-order valence-electron chi connectivity index (χ3n) is 5.15. The van der Waals surface area contributed by atoms with Crippen molar-refractivity contribution < 1.29 is 62.2 Å². The molecule has 0 saturated carbocycles. The SMILES string of the molecule is N[C@H]1[C@H](O)[C@@H](CO)OC(OP(=O)(O)OP(=O)(O)OC[C@H]2OC(n3ccc(=O)[nH]c3=O)C[C@@H]2O)[C@@H]1O. The molecule has 2 aliphatic rings. The van der Waals surface area contributed by atoms with Crippen molar-refractivity contribution in [3.63, 3.8) is 0 Å². The van der Waals surface area contributed by atoms with E-state index in [-0.39, 0.29) is 6.42 Å². The largest absolute Gasteiger partial charge is 0.483 e. The fourth-order valence-electron chi connectivity index (χ4n) is 3.36. The van der Waals surface area contributed by atoms with Crippen LogP contribution < -0.4 is 17.0 Å². The first-order valence-corrected chi connectivity index (χ1v) is 12.9. The van der Waals surface area contributed by atoms with Gasteiger partial charge in [-0.05, 0) is 0 Å². The predicted octanol–water partition coefficient (Wildman–Crippen LogP) is -3.80. The molecule has 18 nitrogen and oxygen atoms in total. The first-order valence-electron chi connectivity index (χ1n) is 9.96. The maximum Gasteiger partial charge on any atom is 0.483 e. The van der Waals surface area contributed by atoms with E-state index in [1.165, 1.54) is 0 Å². The minimum atomic E-state index is -5.48. The van der Waals surface area contributed by atoms with Crippen LogP contribution in [0.25, 0.3) is 0 Å². The van der Waals surface area contributed by atoms with Crippen LogP contribution in [0, 0.1) is 0 Å². The molecule has 0 aromatic carbocycles. The highest BCUT2D eigenvalue weighted by atomic mass is 31.3. The van der Waals surface area contributed by atoms with Gasteiger partial charge in [0.25, 0.3) is 5.56 Å². The van der Waals surface area contributed by atoms with Crippen LogP contribution in [0.5, 0.6) is 0 Å². The van der Waals surface area contributed by atoms with Crippen LogP contribution in [0.3, 0.4) is 0 Å². The van der Waals surface area contributed by atoms with Crippen LogP contribution in [0.15, 0.2) is 21.9 Å². The van der Waals surface area contributed by atoms with Crippen LogP contribution in [0.1, 0.15) is 12.6 Å². The molecule has 20 heteroatoms. The second-order valence-corrected chi connectivity index (χ2v) is 10.7. The van der Waals surface area contributed by atoms with E-state index in [0.29, 0.717) is 0 Å². The zero-order chi connectivity index (χ0) is 26.1. The van der Waals surface area contributed by atoms with Crippen molar-refractivity contribution in [3.05, 3.63) is 33.1 Å². The van der Waals surface area contributed by atoms with E-state index in [1.54, 1.807) is 0 Å². The molecule has 2 aliphatic heterocycles. The minimum Gasteiger partial charge on any atom is -0.394 e. The number of rotatable bonds is 9. The molecule has 0 spiro atoms. The van der Waals surface area contributed by atoms with Crippen LogP contribution >= 0.6 is 15.6 Å². The maximum absolute atomic E-state index is 12.2. The topological polar surface area (TPSA) is 283 Å². The minimum absolute atomic E-state index is 0.160. The van der Waals surface area contributed by atoms with E-state index in [4.69, 9.17) is 15.2 Å². The van der Waals surface area contributed by atoms with Crippen molar-refractivity contribution in [2.75, 3.05) is 13.2 Å². The molecule has 2 fully saturated rings. The summed E-state index contributed by atoms with van der Waals surface area (Å²) in [5.74, 6) is 0. The number of nitrogens with one attached hydrogen (secondary N) is 1. The second-order valence-electron chi connectivity index (χ2n) is 7.65. The van der Waals surface area contributed by atoms with Crippen LogP contribution in [0.2, 0.25) is 0 Å². The monoisotopic (exact) mass is 549 g/mol. The molecule has 0 radical (unpaired) electrons. The van der Waals surface area contributed by atoms with E-state index in [9.17, 15) is 48.9 Å². The van der Waals surface area contributed by atoms with Crippen molar-refractivity contribution in [1.29, 1.82) is 0 Å². The van der Waals surface area contributed by atoms with Crippen LogP contribution in [-0.2, 0) is 32.0 Å². The number of phosphoric ester groups is 2. The van der Waals surface area contributed by atoms with Crippen molar-refractivity contribution >= 4 is 15.6 Å². The Balaban J connectivity index is 1.58. The molecule has 1 aromatic heterocycles. The summed E-state index contributed by atoms with van der Waals surface area (Å²) in [6.45, 7) is -1.63. The Bertz CT molecular complexity index is 1090. The zero-order valence-electron chi connectivity index (χ0n) is 17.7. The highest BCUT2D eigenvalue weighted by Gasteiger charge is 2.48. The molecule has 9 N–H and O–H groups in total. The van der Waals surface area contributed by atoms with Gasteiger partial charge in [0.1, 0.15) is 30.6 Å². The third kappa shape index (κ3) is 6.91. The highest BCUT2D eigenvalue weighted by Crippen LogP contribution is 2.61. The summed E-state index contributed by atoms with van der Waals surface area (Å²) in [7, 11) is -10.8. The van der Waals surface area contributed by atoms with Crippen LogP contribution in [0.4, 0.5) is 0 Å². The normalized spacial score (nSPS) is 37.0. The third-order valence-corrected chi connectivity index (χ3v) is 7.75. The van der Waals surface area contributed by atoms with Gasteiger partial charge in [0.15, 0.2) is 6.29 Å². The first kappa shape index (κ1) is 28.2. The van der Waals surface area contributed by atoms with E-state index >= 15 is 0 Å². The van der Waals surface area contributed by atoms with Gasteiger partial charge in [-0.3, -0.25) is 23.4 Å². The van der Waals surface area contributed by atoms with E-state index < -0.39 is 89.2 Å². The molecule has 1 aromatic rings. The first-order chi connectivity index (χ1) is 16.2. The fraction of sp³-hybridized carbons (Fsp3) is 0.733. The van der Waals surface area contributed by atoms with Gasteiger partial charge in [-0.2, -0.15) is 4.31 Å². The Morgan fingerprint density at radius 2 is 1.80 bits per heavy atom. The number of aliphatic hydroxyl groups excluding tert-OH is 4. The summed E-state index contributed by atoms with van der Waals surface area (Å²) in [5.41, 5.74) is 4.05. The molecular formula is C15H25N3O15P2. The molecule has 35 heavy (non-hydrogen) atoms. The van der Waals surface area contributed by atoms with Gasteiger partial charge in [0.05, 0.1) is 25.4 Å². The number of hydrogen-bond acceptors (Lipinski definition) is 14. The number of hydrogen-bond donors (Lipinski definition) is 8.